The molecule has 1 N–H and O–H groups in total. The fourth-order valence-corrected chi connectivity index (χ4v) is 2.95. The Hall–Kier alpha value is -1.06. The summed E-state index contributed by atoms with van der Waals surface area (Å²) in [4.78, 5) is 2.55. The van der Waals surface area contributed by atoms with Crippen LogP contribution in [0, 0.1) is 5.92 Å². The minimum atomic E-state index is 0.238. The lowest BCUT2D eigenvalue weighted by Crippen LogP contribution is -2.38. The van der Waals surface area contributed by atoms with Crippen LogP contribution in [0.1, 0.15) is 39.2 Å². The van der Waals surface area contributed by atoms with E-state index < -0.39 is 0 Å². The molecule has 1 atom stereocenters. The summed E-state index contributed by atoms with van der Waals surface area (Å²) in [5.74, 6) is 1.77. The first-order valence-electron chi connectivity index (χ1n) is 8.36. The minimum Gasteiger partial charge on any atom is -0.491 e. The highest BCUT2D eigenvalue weighted by atomic mass is 16.5. The van der Waals surface area contributed by atoms with Crippen LogP contribution in [0.2, 0.25) is 0 Å². The molecule has 0 radical (unpaired) electrons. The van der Waals surface area contributed by atoms with Crippen LogP contribution in [0.3, 0.4) is 0 Å². The highest BCUT2D eigenvalue weighted by molar-refractivity contribution is 5.27. The van der Waals surface area contributed by atoms with Crippen LogP contribution in [0.15, 0.2) is 24.3 Å². The van der Waals surface area contributed by atoms with E-state index in [1.807, 2.05) is 0 Å². The number of hydrogen-bond acceptors (Lipinski definition) is 3. The van der Waals surface area contributed by atoms with Gasteiger partial charge >= 0.3 is 0 Å². The average Bonchev–Trinajstić information content (AvgIpc) is 2.49. The third-order valence-corrected chi connectivity index (χ3v) is 4.06. The van der Waals surface area contributed by atoms with E-state index in [2.05, 4.69) is 55.3 Å². The second kappa shape index (κ2) is 8.40. The van der Waals surface area contributed by atoms with Crippen LogP contribution in [-0.4, -0.2) is 37.2 Å². The second-order valence-corrected chi connectivity index (χ2v) is 6.35. The molecule has 0 amide bonds. The van der Waals surface area contributed by atoms with Gasteiger partial charge in [0.05, 0.1) is 6.10 Å². The molecule has 21 heavy (non-hydrogen) atoms. The molecule has 0 spiro atoms. The largest absolute Gasteiger partial charge is 0.491 e. The smallest absolute Gasteiger partial charge is 0.119 e. The zero-order chi connectivity index (χ0) is 15.1. The van der Waals surface area contributed by atoms with Crippen LogP contribution < -0.4 is 10.1 Å². The first-order valence-corrected chi connectivity index (χ1v) is 8.36. The molecule has 3 nitrogen and oxygen atoms in total. The van der Waals surface area contributed by atoms with Gasteiger partial charge in [-0.2, -0.15) is 0 Å². The number of hydrogen-bond donors (Lipinski definition) is 1. The first kappa shape index (κ1) is 16.3. The van der Waals surface area contributed by atoms with Gasteiger partial charge in [-0.1, -0.05) is 19.1 Å². The highest BCUT2D eigenvalue weighted by Gasteiger charge is 2.16. The molecule has 0 bridgehead atoms. The summed E-state index contributed by atoms with van der Waals surface area (Å²) < 4.78 is 5.70. The van der Waals surface area contributed by atoms with Crippen molar-refractivity contribution in [1.82, 2.24) is 10.2 Å². The molecule has 0 aromatic heterocycles. The van der Waals surface area contributed by atoms with Gasteiger partial charge in [-0.3, -0.25) is 4.90 Å². The van der Waals surface area contributed by atoms with E-state index in [-0.39, 0.29) is 6.10 Å². The third-order valence-electron chi connectivity index (χ3n) is 4.06. The Morgan fingerprint density at radius 3 is 2.62 bits per heavy atom. The van der Waals surface area contributed by atoms with Crippen molar-refractivity contribution in [3.8, 4) is 5.75 Å². The molecule has 1 aliphatic heterocycles. The molecule has 118 valence electrons. The number of nitrogens with zero attached hydrogens (tertiary/aromatic N) is 1. The summed E-state index contributed by atoms with van der Waals surface area (Å²) in [6, 6.07) is 8.57. The van der Waals surface area contributed by atoms with Crippen molar-refractivity contribution in [3.05, 3.63) is 29.8 Å². The van der Waals surface area contributed by atoms with Gasteiger partial charge in [-0.15, -0.1) is 0 Å². The summed E-state index contributed by atoms with van der Waals surface area (Å²) in [7, 11) is 0. The van der Waals surface area contributed by atoms with Crippen molar-refractivity contribution >= 4 is 0 Å². The zero-order valence-corrected chi connectivity index (χ0v) is 13.8. The third kappa shape index (κ3) is 5.68. The predicted molar refractivity (Wildman–Crippen MR) is 88.8 cm³/mol. The summed E-state index contributed by atoms with van der Waals surface area (Å²) >= 11 is 0. The molecule has 1 unspecified atom stereocenters. The first-order chi connectivity index (χ1) is 10.2. The number of ether oxygens (including phenoxy) is 1. The van der Waals surface area contributed by atoms with Gasteiger partial charge in [0.25, 0.3) is 0 Å². The number of nitrogens with one attached hydrogen (secondary N) is 1. The summed E-state index contributed by atoms with van der Waals surface area (Å²) in [6.07, 6.45) is 2.93. The predicted octanol–water partition coefficient (Wildman–Crippen LogP) is 3.30. The van der Waals surface area contributed by atoms with E-state index in [1.165, 1.54) is 38.0 Å². The van der Waals surface area contributed by atoms with Crippen LogP contribution in [0.5, 0.6) is 5.75 Å². The van der Waals surface area contributed by atoms with E-state index in [0.29, 0.717) is 0 Å². The van der Waals surface area contributed by atoms with Gasteiger partial charge in [0.1, 0.15) is 5.75 Å². The quantitative estimate of drug-likeness (QED) is 0.834. The minimum absolute atomic E-state index is 0.238. The molecule has 1 aromatic carbocycles. The van der Waals surface area contributed by atoms with Crippen molar-refractivity contribution in [1.29, 1.82) is 0 Å². The van der Waals surface area contributed by atoms with Gasteiger partial charge in [-0.25, -0.2) is 0 Å². The fraction of sp³-hybridized carbons (Fsp3) is 0.667. The van der Waals surface area contributed by atoms with Crippen LogP contribution in [0.25, 0.3) is 0 Å². The molecule has 0 saturated carbocycles. The Bertz CT molecular complexity index is 396. The molecule has 2 rings (SSSR count). The topological polar surface area (TPSA) is 24.5 Å². The maximum Gasteiger partial charge on any atom is 0.119 e. The molecule has 1 saturated heterocycles. The molecule has 1 aromatic rings. The fourth-order valence-electron chi connectivity index (χ4n) is 2.95. The van der Waals surface area contributed by atoms with E-state index in [1.54, 1.807) is 0 Å². The number of benzene rings is 1. The van der Waals surface area contributed by atoms with E-state index >= 15 is 0 Å². The SMILES string of the molecule is CCN(Cc1ccc(OC(C)C)cc1)CC1CCCNC1. The molecule has 1 fully saturated rings. The van der Waals surface area contributed by atoms with Crippen LogP contribution >= 0.6 is 0 Å². The normalized spacial score (nSPS) is 19.2. The van der Waals surface area contributed by atoms with Crippen molar-refractivity contribution in [2.75, 3.05) is 26.2 Å². The van der Waals surface area contributed by atoms with Gasteiger partial charge in [0.15, 0.2) is 0 Å². The number of rotatable bonds is 7. The van der Waals surface area contributed by atoms with Gasteiger partial charge < -0.3 is 10.1 Å². The Morgan fingerprint density at radius 2 is 2.05 bits per heavy atom. The van der Waals surface area contributed by atoms with Crippen LogP contribution in [0.4, 0.5) is 0 Å². The zero-order valence-electron chi connectivity index (χ0n) is 13.8. The Balaban J connectivity index is 1.85. The Kier molecular flexibility index (Phi) is 6.52. The van der Waals surface area contributed by atoms with Crippen molar-refractivity contribution in [2.45, 2.75) is 46.3 Å². The maximum absolute atomic E-state index is 5.70. The summed E-state index contributed by atoms with van der Waals surface area (Å²) in [6.45, 7) is 12.1. The summed E-state index contributed by atoms with van der Waals surface area (Å²) in [5.41, 5.74) is 1.37. The van der Waals surface area contributed by atoms with Gasteiger partial charge in [-0.05, 0) is 69.9 Å². The highest BCUT2D eigenvalue weighted by Crippen LogP contribution is 2.17. The van der Waals surface area contributed by atoms with Gasteiger partial charge in [0, 0.05) is 13.1 Å². The average molecular weight is 290 g/mol. The monoisotopic (exact) mass is 290 g/mol. The lowest BCUT2D eigenvalue weighted by Gasteiger charge is -2.29. The van der Waals surface area contributed by atoms with Crippen molar-refractivity contribution < 1.29 is 4.74 Å². The maximum atomic E-state index is 5.70. The van der Waals surface area contributed by atoms with E-state index in [4.69, 9.17) is 4.74 Å². The number of piperidine rings is 1. The van der Waals surface area contributed by atoms with Crippen molar-refractivity contribution in [2.24, 2.45) is 5.92 Å². The molecule has 0 aliphatic carbocycles. The van der Waals surface area contributed by atoms with Crippen LogP contribution in [-0.2, 0) is 6.54 Å². The Labute approximate surface area is 129 Å². The van der Waals surface area contributed by atoms with E-state index in [9.17, 15) is 0 Å². The molecular weight excluding hydrogens is 260 g/mol. The molecule has 3 heteroatoms. The van der Waals surface area contributed by atoms with E-state index in [0.717, 1.165) is 24.8 Å². The lowest BCUT2D eigenvalue weighted by molar-refractivity contribution is 0.209. The molecule has 1 aliphatic rings. The Morgan fingerprint density at radius 1 is 1.29 bits per heavy atom. The lowest BCUT2D eigenvalue weighted by atomic mass is 9.99. The second-order valence-electron chi connectivity index (χ2n) is 6.35. The summed E-state index contributed by atoms with van der Waals surface area (Å²) in [5, 5.41) is 3.51. The van der Waals surface area contributed by atoms with Crippen molar-refractivity contribution in [3.63, 3.8) is 0 Å². The molecule has 1 heterocycles. The standard InChI is InChI=1S/C18H30N2O/c1-4-20(14-17-6-5-11-19-12-17)13-16-7-9-18(10-8-16)21-15(2)3/h7-10,15,17,19H,4-6,11-14H2,1-3H3. The molecular formula is C18H30N2O. The van der Waals surface area contributed by atoms with Gasteiger partial charge in [0.2, 0.25) is 0 Å².